The number of phenolic OH excluding ortho intramolecular Hbond substituents is 1. The second kappa shape index (κ2) is 11.0. The van der Waals surface area contributed by atoms with Gasteiger partial charge in [-0.1, -0.05) is 15.9 Å². The van der Waals surface area contributed by atoms with E-state index in [1.807, 2.05) is 12.1 Å². The van der Waals surface area contributed by atoms with Crippen molar-refractivity contribution in [2.75, 3.05) is 52.9 Å². The molecular weight excluding hydrogens is 368 g/mol. The van der Waals surface area contributed by atoms with Crippen LogP contribution in [-0.4, -0.2) is 58.0 Å². The summed E-state index contributed by atoms with van der Waals surface area (Å²) in [7, 11) is 0. The fourth-order valence-corrected chi connectivity index (χ4v) is 2.63. The Balaban J connectivity index is 1.93. The second-order valence-corrected chi connectivity index (χ2v) is 5.93. The van der Waals surface area contributed by atoms with E-state index in [4.69, 9.17) is 23.7 Å². The molecule has 23 heavy (non-hydrogen) atoms. The largest absolute Gasteiger partial charge is 0.507 e. The summed E-state index contributed by atoms with van der Waals surface area (Å²) in [4.78, 5) is 0. The molecule has 130 valence electrons. The zero-order valence-electron chi connectivity index (χ0n) is 13.1. The van der Waals surface area contributed by atoms with Gasteiger partial charge in [0.25, 0.3) is 0 Å². The van der Waals surface area contributed by atoms with Crippen molar-refractivity contribution in [2.24, 2.45) is 0 Å². The molecule has 0 amide bonds. The van der Waals surface area contributed by atoms with Crippen LogP contribution in [0.1, 0.15) is 11.1 Å². The minimum atomic E-state index is 0.213. The lowest BCUT2D eigenvalue weighted by Crippen LogP contribution is -2.13. The second-order valence-electron chi connectivity index (χ2n) is 5.01. The van der Waals surface area contributed by atoms with Crippen LogP contribution in [0.2, 0.25) is 0 Å². The highest BCUT2D eigenvalue weighted by atomic mass is 79.9. The molecule has 1 heterocycles. The van der Waals surface area contributed by atoms with Gasteiger partial charge in [0.2, 0.25) is 0 Å². The summed E-state index contributed by atoms with van der Waals surface area (Å²) in [5.41, 5.74) is 1.44. The van der Waals surface area contributed by atoms with Gasteiger partial charge in [0.05, 0.1) is 66.1 Å². The number of benzene rings is 1. The predicted octanol–water partition coefficient (Wildman–Crippen LogP) is 2.25. The highest BCUT2D eigenvalue weighted by Gasteiger charge is 2.10. The summed E-state index contributed by atoms with van der Waals surface area (Å²) in [5, 5.41) is 10.3. The van der Waals surface area contributed by atoms with Gasteiger partial charge in [-0.15, -0.1) is 0 Å². The van der Waals surface area contributed by atoms with Crippen molar-refractivity contribution in [2.45, 2.75) is 13.2 Å². The Morgan fingerprint density at radius 3 is 1.39 bits per heavy atom. The van der Waals surface area contributed by atoms with Gasteiger partial charge in [0.15, 0.2) is 0 Å². The van der Waals surface area contributed by atoms with E-state index in [2.05, 4.69) is 15.9 Å². The molecule has 0 saturated carbocycles. The molecule has 7 heteroatoms. The van der Waals surface area contributed by atoms with Gasteiger partial charge in [-0.05, 0) is 12.1 Å². The maximum atomic E-state index is 10.3. The SMILES string of the molecule is Oc1c2cc(Br)cc1COCCOCCOCCOCCOC2. The van der Waals surface area contributed by atoms with Crippen molar-refractivity contribution < 1.29 is 28.8 Å². The fraction of sp³-hybridized carbons (Fsp3) is 0.625. The van der Waals surface area contributed by atoms with E-state index in [1.165, 1.54) is 0 Å². The van der Waals surface area contributed by atoms with Gasteiger partial charge in [-0.25, -0.2) is 0 Å². The average Bonchev–Trinajstić information content (AvgIpc) is 2.53. The molecule has 0 atom stereocenters. The van der Waals surface area contributed by atoms with Crippen LogP contribution < -0.4 is 0 Å². The number of hydrogen-bond acceptors (Lipinski definition) is 6. The molecule has 2 rings (SSSR count). The van der Waals surface area contributed by atoms with Gasteiger partial charge in [-0.2, -0.15) is 0 Å². The van der Waals surface area contributed by atoms with E-state index in [0.29, 0.717) is 66.1 Å². The fourth-order valence-electron chi connectivity index (χ4n) is 2.08. The van der Waals surface area contributed by atoms with Gasteiger partial charge < -0.3 is 28.8 Å². The lowest BCUT2D eigenvalue weighted by atomic mass is 10.1. The Morgan fingerprint density at radius 2 is 1.00 bits per heavy atom. The average molecular weight is 391 g/mol. The van der Waals surface area contributed by atoms with Crippen LogP contribution in [0, 0.1) is 0 Å². The molecule has 1 aliphatic heterocycles. The standard InChI is InChI=1S/C16H23BrO6/c17-15-9-13-11-22-7-5-20-3-1-19-2-4-21-6-8-23-12-14(10-15)16(13)18/h9-10,18H,1-8,11-12H2. The molecule has 2 bridgehead atoms. The third kappa shape index (κ3) is 7.15. The first-order chi connectivity index (χ1) is 11.3. The van der Waals surface area contributed by atoms with Crippen molar-refractivity contribution >= 4 is 15.9 Å². The number of ether oxygens (including phenoxy) is 5. The molecule has 0 radical (unpaired) electrons. The Labute approximate surface area is 144 Å². The van der Waals surface area contributed by atoms with Crippen LogP contribution >= 0.6 is 15.9 Å². The van der Waals surface area contributed by atoms with Crippen molar-refractivity contribution in [3.63, 3.8) is 0 Å². The number of rotatable bonds is 0. The molecule has 1 aliphatic rings. The molecular formula is C16H23BrO6. The van der Waals surface area contributed by atoms with Crippen molar-refractivity contribution in [3.05, 3.63) is 27.7 Å². The molecule has 0 saturated heterocycles. The molecule has 1 aromatic carbocycles. The first-order valence-corrected chi connectivity index (χ1v) is 8.45. The van der Waals surface area contributed by atoms with Crippen molar-refractivity contribution in [1.82, 2.24) is 0 Å². The molecule has 1 N–H and O–H groups in total. The zero-order valence-corrected chi connectivity index (χ0v) is 14.7. The third-order valence-corrected chi connectivity index (χ3v) is 3.69. The summed E-state index contributed by atoms with van der Waals surface area (Å²) < 4.78 is 28.2. The van der Waals surface area contributed by atoms with Crippen LogP contribution in [-0.2, 0) is 36.9 Å². The van der Waals surface area contributed by atoms with E-state index in [1.54, 1.807) is 0 Å². The molecule has 6 nitrogen and oxygen atoms in total. The van der Waals surface area contributed by atoms with E-state index in [9.17, 15) is 5.11 Å². The van der Waals surface area contributed by atoms with Crippen molar-refractivity contribution in [3.8, 4) is 5.75 Å². The van der Waals surface area contributed by atoms with E-state index < -0.39 is 0 Å². The molecule has 1 aromatic rings. The minimum absolute atomic E-state index is 0.213. The summed E-state index contributed by atoms with van der Waals surface area (Å²) in [6.07, 6.45) is 0. The van der Waals surface area contributed by atoms with Crippen LogP contribution in [0.3, 0.4) is 0 Å². The van der Waals surface area contributed by atoms with Crippen molar-refractivity contribution in [1.29, 1.82) is 0 Å². The Kier molecular flexibility index (Phi) is 8.88. The van der Waals surface area contributed by atoms with E-state index in [0.717, 1.165) is 15.6 Å². The third-order valence-electron chi connectivity index (χ3n) is 3.24. The zero-order chi connectivity index (χ0) is 16.3. The maximum absolute atomic E-state index is 10.3. The minimum Gasteiger partial charge on any atom is -0.507 e. The van der Waals surface area contributed by atoms with E-state index in [-0.39, 0.29) is 5.75 Å². The lowest BCUT2D eigenvalue weighted by Gasteiger charge is -2.13. The van der Waals surface area contributed by atoms with Gasteiger partial charge in [0, 0.05) is 15.6 Å². The summed E-state index contributed by atoms with van der Waals surface area (Å²) in [6.45, 7) is 4.67. The predicted molar refractivity (Wildman–Crippen MR) is 87.6 cm³/mol. The number of phenols is 1. The molecule has 0 unspecified atom stereocenters. The normalized spacial score (nSPS) is 19.7. The monoisotopic (exact) mass is 390 g/mol. The summed E-state index contributed by atoms with van der Waals surface area (Å²) >= 11 is 3.45. The Hall–Kier alpha value is -0.700. The smallest absolute Gasteiger partial charge is 0.126 e. The first-order valence-electron chi connectivity index (χ1n) is 7.66. The quantitative estimate of drug-likeness (QED) is 0.732. The highest BCUT2D eigenvalue weighted by molar-refractivity contribution is 9.10. The summed E-state index contributed by atoms with van der Waals surface area (Å²) in [6, 6.07) is 3.68. The van der Waals surface area contributed by atoms with Crippen LogP contribution in [0.25, 0.3) is 0 Å². The van der Waals surface area contributed by atoms with Crippen LogP contribution in [0.15, 0.2) is 16.6 Å². The summed E-state index contributed by atoms with van der Waals surface area (Å²) in [5.74, 6) is 0.213. The Morgan fingerprint density at radius 1 is 0.652 bits per heavy atom. The molecule has 0 spiro atoms. The number of fused-ring (bicyclic) bond motifs is 2. The highest BCUT2D eigenvalue weighted by Crippen LogP contribution is 2.28. The van der Waals surface area contributed by atoms with E-state index >= 15 is 0 Å². The number of hydrogen-bond donors (Lipinski definition) is 1. The molecule has 0 aromatic heterocycles. The Bertz CT molecular complexity index is 431. The van der Waals surface area contributed by atoms with Crippen LogP contribution in [0.4, 0.5) is 0 Å². The van der Waals surface area contributed by atoms with Gasteiger partial charge in [-0.3, -0.25) is 0 Å². The molecule has 0 fully saturated rings. The van der Waals surface area contributed by atoms with Gasteiger partial charge >= 0.3 is 0 Å². The first kappa shape index (κ1) is 18.6. The number of aromatic hydroxyl groups is 1. The maximum Gasteiger partial charge on any atom is 0.126 e. The lowest BCUT2D eigenvalue weighted by molar-refractivity contribution is -0.0148. The topological polar surface area (TPSA) is 66.4 Å². The molecule has 0 aliphatic carbocycles. The van der Waals surface area contributed by atoms with Gasteiger partial charge in [0.1, 0.15) is 5.75 Å². The van der Waals surface area contributed by atoms with Crippen LogP contribution in [0.5, 0.6) is 5.75 Å². The number of halogens is 1.